The van der Waals surface area contributed by atoms with Gasteiger partial charge in [0.15, 0.2) is 5.58 Å². The fourth-order valence-corrected chi connectivity index (χ4v) is 5.06. The lowest BCUT2D eigenvalue weighted by molar-refractivity contribution is 0.216. The van der Waals surface area contributed by atoms with Gasteiger partial charge in [0, 0.05) is 17.0 Å². The second kappa shape index (κ2) is 9.70. The Balaban J connectivity index is 1.71. The van der Waals surface area contributed by atoms with Crippen molar-refractivity contribution in [1.82, 2.24) is 9.97 Å². The number of nitrogens with one attached hydrogen (secondary N) is 1. The van der Waals surface area contributed by atoms with E-state index in [0.717, 1.165) is 32.7 Å². The number of aliphatic hydroxyl groups is 1. The Hall–Kier alpha value is -2.91. The summed E-state index contributed by atoms with van der Waals surface area (Å²) >= 11 is 1.56. The van der Waals surface area contributed by atoms with Crippen LogP contribution < -0.4 is 4.98 Å². The first kappa shape index (κ1) is 22.3. The third-order valence-corrected chi connectivity index (χ3v) is 7.60. The number of hydrogen-bond acceptors (Lipinski definition) is 6. The smallest absolute Gasteiger partial charge is 0.301 e. The number of hydrogen-bond donors (Lipinski definition) is 3. The van der Waals surface area contributed by atoms with E-state index in [1.807, 2.05) is 48.7 Å². The number of rotatable bonds is 8. The molecular formula is C24H23N2O4SSi. The summed E-state index contributed by atoms with van der Waals surface area (Å²) in [6.45, 7) is 2.41. The van der Waals surface area contributed by atoms with Gasteiger partial charge < -0.3 is 19.6 Å². The van der Waals surface area contributed by atoms with Crippen LogP contribution in [0.25, 0.3) is 33.7 Å². The van der Waals surface area contributed by atoms with E-state index in [9.17, 15) is 15.0 Å². The largest absolute Gasteiger partial charge is 0.485 e. The predicted octanol–water partition coefficient (Wildman–Crippen LogP) is 5.06. The number of aliphatic hydroxyl groups excluding tert-OH is 1. The second-order valence-electron chi connectivity index (χ2n) is 7.29. The van der Waals surface area contributed by atoms with Gasteiger partial charge in [-0.05, 0) is 53.6 Å². The van der Waals surface area contributed by atoms with Crippen molar-refractivity contribution in [3.05, 3.63) is 71.8 Å². The molecule has 0 atom stereocenters. The molecule has 1 heterocycles. The van der Waals surface area contributed by atoms with Gasteiger partial charge >= 0.3 is 8.96 Å². The standard InChI is InChI=1S/C24H23N2O4SSi/c1-15-18(16-7-4-3-5-8-16)9-6-10-19(15)23-26-20-11-17(13-25-32(14-27)24(28)29)22(31-2)12-21(20)30-23/h3-12,25,27H,13-14H2,1-2H3,(H,28,29). The maximum Gasteiger partial charge on any atom is 0.301 e. The average Bonchev–Trinajstić information content (AvgIpc) is 3.22. The summed E-state index contributed by atoms with van der Waals surface area (Å²) < 4.78 is 6.14. The molecule has 0 amide bonds. The lowest BCUT2D eigenvalue weighted by atomic mass is 9.96. The molecule has 4 aromatic rings. The molecule has 0 unspecified atom stereocenters. The molecule has 4 rings (SSSR count). The van der Waals surface area contributed by atoms with E-state index in [1.165, 1.54) is 0 Å². The van der Waals surface area contributed by atoms with Gasteiger partial charge in [0.2, 0.25) is 5.89 Å². The topological polar surface area (TPSA) is 95.6 Å². The van der Waals surface area contributed by atoms with Crippen molar-refractivity contribution in [3.8, 4) is 22.6 Å². The van der Waals surface area contributed by atoms with Crippen LogP contribution in [-0.2, 0) is 6.54 Å². The molecule has 0 fully saturated rings. The Bertz CT molecular complexity index is 1260. The van der Waals surface area contributed by atoms with Crippen molar-refractivity contribution in [2.75, 3.05) is 12.5 Å². The zero-order chi connectivity index (χ0) is 22.7. The molecule has 0 saturated heterocycles. The molecule has 32 heavy (non-hydrogen) atoms. The van der Waals surface area contributed by atoms with E-state index in [-0.39, 0.29) is 6.23 Å². The Morgan fingerprint density at radius 3 is 2.56 bits per heavy atom. The van der Waals surface area contributed by atoms with Crippen molar-refractivity contribution >= 4 is 37.4 Å². The number of carbonyl (C=O) groups is 1. The summed E-state index contributed by atoms with van der Waals surface area (Å²) in [6.07, 6.45) is 1.59. The quantitative estimate of drug-likeness (QED) is 0.248. The van der Waals surface area contributed by atoms with Crippen LogP contribution in [0.4, 0.5) is 4.79 Å². The third-order valence-electron chi connectivity index (χ3n) is 5.35. The number of aromatic nitrogens is 1. The monoisotopic (exact) mass is 463 g/mol. The van der Waals surface area contributed by atoms with E-state index >= 15 is 0 Å². The first-order valence-corrected chi connectivity index (χ1v) is 13.0. The second-order valence-corrected chi connectivity index (χ2v) is 10.2. The molecule has 0 saturated carbocycles. The Kier molecular flexibility index (Phi) is 6.76. The van der Waals surface area contributed by atoms with Crippen LogP contribution in [0, 0.1) is 6.92 Å². The Morgan fingerprint density at radius 1 is 1.12 bits per heavy atom. The molecule has 3 N–H and O–H groups in total. The minimum Gasteiger partial charge on any atom is -0.485 e. The van der Waals surface area contributed by atoms with Crippen LogP contribution in [-0.4, -0.2) is 42.2 Å². The van der Waals surface area contributed by atoms with Crippen molar-refractivity contribution < 1.29 is 19.4 Å². The van der Waals surface area contributed by atoms with Crippen LogP contribution in [0.3, 0.4) is 0 Å². The van der Waals surface area contributed by atoms with Gasteiger partial charge in [-0.25, -0.2) is 4.98 Å². The van der Waals surface area contributed by atoms with Gasteiger partial charge in [-0.15, -0.1) is 11.8 Å². The third kappa shape index (κ3) is 4.49. The van der Waals surface area contributed by atoms with Gasteiger partial charge in [-0.3, -0.25) is 4.79 Å². The molecule has 0 aliphatic heterocycles. The van der Waals surface area contributed by atoms with E-state index in [1.54, 1.807) is 11.8 Å². The number of benzene rings is 3. The molecule has 8 heteroatoms. The number of fused-ring (bicyclic) bond motifs is 1. The zero-order valence-electron chi connectivity index (χ0n) is 17.8. The van der Waals surface area contributed by atoms with E-state index < -0.39 is 14.6 Å². The first-order valence-electron chi connectivity index (χ1n) is 10.1. The zero-order valence-corrected chi connectivity index (χ0v) is 19.6. The van der Waals surface area contributed by atoms with Gasteiger partial charge in [0.05, 0.1) is 6.23 Å². The minimum absolute atomic E-state index is 0.345. The van der Waals surface area contributed by atoms with Crippen molar-refractivity contribution in [3.63, 3.8) is 0 Å². The van der Waals surface area contributed by atoms with E-state index in [0.29, 0.717) is 23.5 Å². The molecule has 0 bridgehead atoms. The van der Waals surface area contributed by atoms with Crippen LogP contribution in [0.1, 0.15) is 11.1 Å². The molecule has 3 aromatic carbocycles. The van der Waals surface area contributed by atoms with Gasteiger partial charge in [0.1, 0.15) is 5.52 Å². The molecule has 6 nitrogen and oxygen atoms in total. The lowest BCUT2D eigenvalue weighted by Crippen LogP contribution is -2.44. The van der Waals surface area contributed by atoms with Crippen molar-refractivity contribution in [1.29, 1.82) is 0 Å². The van der Waals surface area contributed by atoms with Crippen molar-refractivity contribution in [2.45, 2.75) is 18.4 Å². The van der Waals surface area contributed by atoms with Crippen LogP contribution in [0.15, 0.2) is 70.0 Å². The fourth-order valence-electron chi connectivity index (χ4n) is 3.64. The molecule has 163 valence electrons. The van der Waals surface area contributed by atoms with E-state index in [2.05, 4.69) is 30.1 Å². The maximum atomic E-state index is 11.2. The molecule has 1 radical (unpaired) electrons. The highest BCUT2D eigenvalue weighted by atomic mass is 32.2. The Morgan fingerprint density at radius 2 is 1.88 bits per heavy atom. The molecule has 0 spiro atoms. The summed E-state index contributed by atoms with van der Waals surface area (Å²) in [5.41, 5.74) is 5.64. The molecule has 0 aliphatic rings. The number of oxazole rings is 1. The minimum atomic E-state index is -2.08. The highest BCUT2D eigenvalue weighted by Gasteiger charge is 2.21. The lowest BCUT2D eigenvalue weighted by Gasteiger charge is -2.11. The summed E-state index contributed by atoms with van der Waals surface area (Å²) in [5.74, 6) is 0.554. The van der Waals surface area contributed by atoms with E-state index in [4.69, 9.17) is 9.40 Å². The number of thioether (sulfide) groups is 1. The van der Waals surface area contributed by atoms with Crippen LogP contribution >= 0.6 is 11.8 Å². The highest BCUT2D eigenvalue weighted by molar-refractivity contribution is 7.98. The summed E-state index contributed by atoms with van der Waals surface area (Å²) in [6, 6.07) is 20.2. The fraction of sp³-hybridized carbons (Fsp3) is 0.167. The first-order chi connectivity index (χ1) is 15.5. The molecular weight excluding hydrogens is 440 g/mol. The summed E-state index contributed by atoms with van der Waals surface area (Å²) in [5, 5.41) is 18.5. The van der Waals surface area contributed by atoms with Crippen LogP contribution in [0.5, 0.6) is 0 Å². The number of carboxylic acid groups (broad SMARTS) is 1. The Labute approximate surface area is 192 Å². The summed E-state index contributed by atoms with van der Waals surface area (Å²) in [7, 11) is -2.08. The molecule has 0 aliphatic carbocycles. The van der Waals surface area contributed by atoms with Gasteiger partial charge in [-0.1, -0.05) is 42.5 Å². The number of nitrogens with zero attached hydrogens (tertiary/aromatic N) is 1. The highest BCUT2D eigenvalue weighted by Crippen LogP contribution is 2.34. The average molecular weight is 464 g/mol. The van der Waals surface area contributed by atoms with Gasteiger partial charge in [-0.2, -0.15) is 0 Å². The summed E-state index contributed by atoms with van der Waals surface area (Å²) in [4.78, 5) is 19.9. The van der Waals surface area contributed by atoms with Crippen LogP contribution in [0.2, 0.25) is 0 Å². The SMILES string of the molecule is CSc1cc2oc(-c3cccc(-c4ccccc4)c3C)nc2cc1CN[Si](CO)C(=O)O. The van der Waals surface area contributed by atoms with Crippen molar-refractivity contribution in [2.24, 2.45) is 0 Å². The van der Waals surface area contributed by atoms with Gasteiger partial charge in [0.25, 0.3) is 5.59 Å². The maximum absolute atomic E-state index is 11.2. The predicted molar refractivity (Wildman–Crippen MR) is 129 cm³/mol. The normalized spacial score (nSPS) is 11.4. The molecule has 1 aromatic heterocycles.